The summed E-state index contributed by atoms with van der Waals surface area (Å²) in [5.74, 6) is 2.09. The van der Waals surface area contributed by atoms with Crippen LogP contribution in [0.4, 0.5) is 0 Å². The minimum atomic E-state index is 0.0767. The largest absolute Gasteiger partial charge is 0.294 e. The molecule has 0 amide bonds. The zero-order chi connectivity index (χ0) is 8.55. The van der Waals surface area contributed by atoms with Crippen molar-refractivity contribution < 1.29 is 0 Å². The molecule has 1 saturated heterocycles. The molecule has 0 radical (unpaired) electrons. The molecular formula is C8H10N2OS. The first kappa shape index (κ1) is 7.86. The molecule has 64 valence electrons. The summed E-state index contributed by atoms with van der Waals surface area (Å²) >= 11 is 1.87. The van der Waals surface area contributed by atoms with Gasteiger partial charge in [0.2, 0.25) is 0 Å². The average Bonchev–Trinajstić information content (AvgIpc) is 1.91. The molecule has 0 saturated carbocycles. The first-order chi connectivity index (χ1) is 5.77. The highest BCUT2D eigenvalue weighted by atomic mass is 32.2. The van der Waals surface area contributed by atoms with E-state index in [1.165, 1.54) is 0 Å². The molecule has 4 heteroatoms. The monoisotopic (exact) mass is 182 g/mol. The van der Waals surface area contributed by atoms with Gasteiger partial charge in [-0.05, 0) is 6.92 Å². The molecule has 1 fully saturated rings. The highest BCUT2D eigenvalue weighted by Crippen LogP contribution is 2.27. The molecule has 1 aromatic rings. The topological polar surface area (TPSA) is 34.9 Å². The summed E-state index contributed by atoms with van der Waals surface area (Å²) in [6.45, 7) is 1.83. The maximum atomic E-state index is 11.4. The second-order valence-corrected chi connectivity index (χ2v) is 4.04. The Morgan fingerprint density at radius 3 is 2.92 bits per heavy atom. The van der Waals surface area contributed by atoms with Crippen LogP contribution in [0.15, 0.2) is 17.2 Å². The van der Waals surface area contributed by atoms with Crippen LogP contribution in [0.25, 0.3) is 0 Å². The molecule has 1 aromatic heterocycles. The molecule has 1 aliphatic heterocycles. The lowest BCUT2D eigenvalue weighted by atomic mass is 10.3. The van der Waals surface area contributed by atoms with Gasteiger partial charge in [-0.25, -0.2) is 4.98 Å². The zero-order valence-electron chi connectivity index (χ0n) is 6.86. The van der Waals surface area contributed by atoms with Gasteiger partial charge < -0.3 is 0 Å². The molecule has 0 bridgehead atoms. The minimum Gasteiger partial charge on any atom is -0.294 e. The highest BCUT2D eigenvalue weighted by Gasteiger charge is 2.20. The Labute approximate surface area is 74.8 Å². The van der Waals surface area contributed by atoms with E-state index in [1.807, 2.05) is 18.7 Å². The lowest BCUT2D eigenvalue weighted by Crippen LogP contribution is -2.32. The maximum absolute atomic E-state index is 11.4. The Bertz CT molecular complexity index is 343. The predicted octanol–water partition coefficient (Wildman–Crippen LogP) is 0.840. The highest BCUT2D eigenvalue weighted by molar-refractivity contribution is 8.00. The SMILES string of the molecule is Cc1cc(=O)n(C2CSC2)cn1. The third-order valence-electron chi connectivity index (χ3n) is 1.99. The standard InChI is InChI=1S/C8H10N2OS/c1-6-2-8(11)10(5-9-6)7-3-12-4-7/h2,5,7H,3-4H2,1H3. The van der Waals surface area contributed by atoms with Gasteiger partial charge in [0.15, 0.2) is 0 Å². The van der Waals surface area contributed by atoms with Gasteiger partial charge >= 0.3 is 0 Å². The van der Waals surface area contributed by atoms with Crippen LogP contribution < -0.4 is 5.56 Å². The summed E-state index contributed by atoms with van der Waals surface area (Å²) in [5, 5.41) is 0. The van der Waals surface area contributed by atoms with E-state index in [2.05, 4.69) is 4.98 Å². The van der Waals surface area contributed by atoms with Gasteiger partial charge in [-0.15, -0.1) is 0 Å². The van der Waals surface area contributed by atoms with E-state index in [9.17, 15) is 4.79 Å². The van der Waals surface area contributed by atoms with Crippen LogP contribution in [0.2, 0.25) is 0 Å². The molecule has 0 unspecified atom stereocenters. The summed E-state index contributed by atoms with van der Waals surface area (Å²) in [6.07, 6.45) is 1.65. The van der Waals surface area contributed by atoms with Crippen molar-refractivity contribution in [2.75, 3.05) is 11.5 Å². The van der Waals surface area contributed by atoms with Crippen LogP contribution in [-0.2, 0) is 0 Å². The number of thioether (sulfide) groups is 1. The van der Waals surface area contributed by atoms with Crippen LogP contribution in [0.3, 0.4) is 0 Å². The van der Waals surface area contributed by atoms with Crippen molar-refractivity contribution in [3.05, 3.63) is 28.4 Å². The fraction of sp³-hybridized carbons (Fsp3) is 0.500. The first-order valence-corrected chi connectivity index (χ1v) is 5.05. The summed E-state index contributed by atoms with van der Waals surface area (Å²) in [4.78, 5) is 15.5. The van der Waals surface area contributed by atoms with E-state index >= 15 is 0 Å². The van der Waals surface area contributed by atoms with E-state index in [4.69, 9.17) is 0 Å². The average molecular weight is 182 g/mol. The Balaban J connectivity index is 2.37. The summed E-state index contributed by atoms with van der Waals surface area (Å²) in [5.41, 5.74) is 0.871. The van der Waals surface area contributed by atoms with Gasteiger partial charge in [0, 0.05) is 23.3 Å². The summed E-state index contributed by atoms with van der Waals surface area (Å²) in [6, 6.07) is 1.97. The smallest absolute Gasteiger partial charge is 0.253 e. The number of nitrogens with zero attached hydrogens (tertiary/aromatic N) is 2. The van der Waals surface area contributed by atoms with Gasteiger partial charge in [-0.1, -0.05) is 0 Å². The van der Waals surface area contributed by atoms with Gasteiger partial charge in [0.05, 0.1) is 12.4 Å². The zero-order valence-corrected chi connectivity index (χ0v) is 7.67. The van der Waals surface area contributed by atoms with Crippen molar-refractivity contribution in [1.82, 2.24) is 9.55 Å². The van der Waals surface area contributed by atoms with E-state index in [0.29, 0.717) is 6.04 Å². The van der Waals surface area contributed by atoms with E-state index in [-0.39, 0.29) is 5.56 Å². The molecular weight excluding hydrogens is 172 g/mol. The Kier molecular flexibility index (Phi) is 1.92. The number of aryl methyl sites for hydroxylation is 1. The molecule has 0 aliphatic carbocycles. The Hall–Kier alpha value is -0.770. The lowest BCUT2D eigenvalue weighted by molar-refractivity contribution is 0.559. The van der Waals surface area contributed by atoms with E-state index < -0.39 is 0 Å². The van der Waals surface area contributed by atoms with Gasteiger partial charge in [0.25, 0.3) is 5.56 Å². The van der Waals surface area contributed by atoms with Crippen molar-refractivity contribution in [1.29, 1.82) is 0 Å². The van der Waals surface area contributed by atoms with Crippen molar-refractivity contribution in [3.63, 3.8) is 0 Å². The maximum Gasteiger partial charge on any atom is 0.253 e. The van der Waals surface area contributed by atoms with Crippen LogP contribution in [0, 0.1) is 6.92 Å². The molecule has 2 heterocycles. The van der Waals surface area contributed by atoms with Crippen molar-refractivity contribution in [2.24, 2.45) is 0 Å². The van der Waals surface area contributed by atoms with E-state index in [1.54, 1.807) is 17.0 Å². The second kappa shape index (κ2) is 2.94. The number of hydrogen-bond acceptors (Lipinski definition) is 3. The van der Waals surface area contributed by atoms with Crippen molar-refractivity contribution in [3.8, 4) is 0 Å². The fourth-order valence-corrected chi connectivity index (χ4v) is 1.93. The normalized spacial score (nSPS) is 17.4. The third-order valence-corrected chi connectivity index (χ3v) is 3.23. The van der Waals surface area contributed by atoms with Gasteiger partial charge in [-0.3, -0.25) is 9.36 Å². The molecule has 12 heavy (non-hydrogen) atoms. The van der Waals surface area contributed by atoms with E-state index in [0.717, 1.165) is 17.2 Å². The molecule has 1 aliphatic rings. The third kappa shape index (κ3) is 1.27. The summed E-state index contributed by atoms with van der Waals surface area (Å²) < 4.78 is 1.73. The van der Waals surface area contributed by atoms with Crippen LogP contribution in [0.5, 0.6) is 0 Å². The Morgan fingerprint density at radius 1 is 1.67 bits per heavy atom. The van der Waals surface area contributed by atoms with Crippen LogP contribution >= 0.6 is 11.8 Å². The van der Waals surface area contributed by atoms with Crippen molar-refractivity contribution in [2.45, 2.75) is 13.0 Å². The number of aromatic nitrogens is 2. The molecule has 0 spiro atoms. The molecule has 3 nitrogen and oxygen atoms in total. The minimum absolute atomic E-state index is 0.0767. The lowest BCUT2D eigenvalue weighted by Gasteiger charge is -2.26. The number of rotatable bonds is 1. The molecule has 0 N–H and O–H groups in total. The van der Waals surface area contributed by atoms with Crippen LogP contribution in [0.1, 0.15) is 11.7 Å². The Morgan fingerprint density at radius 2 is 2.42 bits per heavy atom. The predicted molar refractivity (Wildman–Crippen MR) is 49.6 cm³/mol. The van der Waals surface area contributed by atoms with Gasteiger partial charge in [-0.2, -0.15) is 11.8 Å². The first-order valence-electron chi connectivity index (χ1n) is 3.90. The molecule has 0 aromatic carbocycles. The summed E-state index contributed by atoms with van der Waals surface area (Å²) in [7, 11) is 0. The van der Waals surface area contributed by atoms with Gasteiger partial charge in [0.1, 0.15) is 0 Å². The van der Waals surface area contributed by atoms with Crippen molar-refractivity contribution >= 4 is 11.8 Å². The fourth-order valence-electron chi connectivity index (χ4n) is 1.16. The quantitative estimate of drug-likeness (QED) is 0.645. The molecule has 0 atom stereocenters. The second-order valence-electron chi connectivity index (χ2n) is 2.97. The molecule has 2 rings (SSSR count). The van der Waals surface area contributed by atoms with Crippen LogP contribution in [-0.4, -0.2) is 21.1 Å². The number of hydrogen-bond donors (Lipinski definition) is 0.